The number of hydrogen-bond donors (Lipinski definition) is 1. The third kappa shape index (κ3) is 3.61. The topological polar surface area (TPSA) is 67.2 Å². The molecule has 2 aliphatic rings. The van der Waals surface area contributed by atoms with Crippen molar-refractivity contribution in [1.29, 1.82) is 0 Å². The molecule has 1 aliphatic carbocycles. The molecule has 0 bridgehead atoms. The van der Waals surface area contributed by atoms with E-state index >= 15 is 0 Å². The van der Waals surface area contributed by atoms with Crippen LogP contribution in [0.5, 0.6) is 0 Å². The van der Waals surface area contributed by atoms with Crippen molar-refractivity contribution < 1.29 is 22.8 Å². The summed E-state index contributed by atoms with van der Waals surface area (Å²) in [6, 6.07) is 4.22. The van der Waals surface area contributed by atoms with Gasteiger partial charge in [0.2, 0.25) is 0 Å². The summed E-state index contributed by atoms with van der Waals surface area (Å²) in [6.45, 7) is 2.66. The summed E-state index contributed by atoms with van der Waals surface area (Å²) in [5.74, 6) is -0.328. The monoisotopic (exact) mass is 406 g/mol. The van der Waals surface area contributed by atoms with Crippen LogP contribution in [0.3, 0.4) is 0 Å². The van der Waals surface area contributed by atoms with Gasteiger partial charge in [0.15, 0.2) is 0 Å². The summed E-state index contributed by atoms with van der Waals surface area (Å²) in [6.07, 6.45) is 0.286. The second-order valence-corrected chi connectivity index (χ2v) is 7.67. The van der Waals surface area contributed by atoms with Crippen LogP contribution in [0.1, 0.15) is 58.6 Å². The quantitative estimate of drug-likeness (QED) is 0.843. The molecular weight excluding hydrogens is 385 g/mol. The van der Waals surface area contributed by atoms with Crippen molar-refractivity contribution in [2.45, 2.75) is 38.4 Å². The van der Waals surface area contributed by atoms with E-state index in [2.05, 4.69) is 10.4 Å². The highest BCUT2D eigenvalue weighted by Gasteiger charge is 2.36. The summed E-state index contributed by atoms with van der Waals surface area (Å²) < 4.78 is 40.0. The Morgan fingerprint density at radius 3 is 2.52 bits per heavy atom. The lowest BCUT2D eigenvalue weighted by atomic mass is 9.85. The summed E-state index contributed by atoms with van der Waals surface area (Å²) >= 11 is 0. The molecule has 1 N–H and O–H groups in total. The fraction of sp³-hybridized carbons (Fsp3) is 0.450. The molecule has 0 spiro atoms. The highest BCUT2D eigenvalue weighted by Crippen LogP contribution is 2.33. The maximum atomic E-state index is 13.1. The van der Waals surface area contributed by atoms with E-state index in [-0.39, 0.29) is 29.8 Å². The highest BCUT2D eigenvalue weighted by molar-refractivity contribution is 6.12. The number of carbonyl (C=O) groups excluding carboxylic acids is 2. The second kappa shape index (κ2) is 7.20. The standard InChI is InChI=1S/C20H21F3N4O2/c1-12-11-26(15-7-5-14(6-8-15)20(21,22)23)19(29)17-16(10-25-27(12)17)18(28)24-9-13-3-2-4-13/h5-8,10,12-13H,2-4,9,11H2,1H3,(H,24,28). The first-order chi connectivity index (χ1) is 13.8. The molecule has 1 aromatic carbocycles. The molecular formula is C20H21F3N4O2. The van der Waals surface area contributed by atoms with Crippen LogP contribution in [0.15, 0.2) is 30.5 Å². The number of nitrogens with zero attached hydrogens (tertiary/aromatic N) is 3. The van der Waals surface area contributed by atoms with Gasteiger partial charge in [-0.05, 0) is 49.9 Å². The molecule has 2 heterocycles. The number of alkyl halides is 3. The van der Waals surface area contributed by atoms with E-state index in [1.54, 1.807) is 0 Å². The molecule has 1 saturated carbocycles. The summed E-state index contributed by atoms with van der Waals surface area (Å²) in [5, 5.41) is 7.07. The Bertz CT molecular complexity index is 932. The van der Waals surface area contributed by atoms with Gasteiger partial charge < -0.3 is 10.2 Å². The number of anilines is 1. The molecule has 154 valence electrons. The molecule has 2 amide bonds. The van der Waals surface area contributed by atoms with Crippen molar-refractivity contribution in [3.63, 3.8) is 0 Å². The van der Waals surface area contributed by atoms with Gasteiger partial charge in [-0.3, -0.25) is 14.3 Å². The van der Waals surface area contributed by atoms with Gasteiger partial charge in [-0.1, -0.05) is 6.42 Å². The first kappa shape index (κ1) is 19.5. The minimum Gasteiger partial charge on any atom is -0.352 e. The summed E-state index contributed by atoms with van der Waals surface area (Å²) in [5.41, 5.74) is -0.0736. The van der Waals surface area contributed by atoms with Crippen LogP contribution in [-0.4, -0.2) is 34.7 Å². The molecule has 1 aliphatic heterocycles. The Morgan fingerprint density at radius 1 is 1.24 bits per heavy atom. The average Bonchev–Trinajstić information content (AvgIpc) is 3.09. The predicted octanol–water partition coefficient (Wildman–Crippen LogP) is 3.65. The van der Waals surface area contributed by atoms with Crippen LogP contribution >= 0.6 is 0 Å². The Balaban J connectivity index is 1.58. The molecule has 9 heteroatoms. The van der Waals surface area contributed by atoms with Crippen molar-refractivity contribution in [2.75, 3.05) is 18.0 Å². The van der Waals surface area contributed by atoms with Gasteiger partial charge in [0.25, 0.3) is 11.8 Å². The fourth-order valence-electron chi connectivity index (χ4n) is 3.71. The van der Waals surface area contributed by atoms with Gasteiger partial charge in [-0.2, -0.15) is 18.3 Å². The number of fused-ring (bicyclic) bond motifs is 1. The smallest absolute Gasteiger partial charge is 0.352 e. The lowest BCUT2D eigenvalue weighted by molar-refractivity contribution is -0.137. The Kier molecular flexibility index (Phi) is 4.84. The van der Waals surface area contributed by atoms with Gasteiger partial charge in [-0.15, -0.1) is 0 Å². The zero-order valence-electron chi connectivity index (χ0n) is 15.9. The van der Waals surface area contributed by atoms with Gasteiger partial charge in [0, 0.05) is 18.8 Å². The molecule has 1 atom stereocenters. The number of nitrogens with one attached hydrogen (secondary N) is 1. The lowest BCUT2D eigenvalue weighted by Crippen LogP contribution is -2.44. The van der Waals surface area contributed by atoms with Crippen LogP contribution in [0, 0.1) is 5.92 Å². The van der Waals surface area contributed by atoms with Crippen LogP contribution < -0.4 is 10.2 Å². The zero-order valence-corrected chi connectivity index (χ0v) is 15.9. The number of rotatable bonds is 4. The largest absolute Gasteiger partial charge is 0.416 e. The second-order valence-electron chi connectivity index (χ2n) is 7.67. The van der Waals surface area contributed by atoms with Gasteiger partial charge in [-0.25, -0.2) is 0 Å². The molecule has 0 radical (unpaired) electrons. The number of aromatic nitrogens is 2. The number of halogens is 3. The maximum absolute atomic E-state index is 13.1. The lowest BCUT2D eigenvalue weighted by Gasteiger charge is -2.32. The molecule has 4 rings (SSSR count). The van der Waals surface area contributed by atoms with Crippen molar-refractivity contribution in [3.8, 4) is 0 Å². The van der Waals surface area contributed by atoms with Crippen molar-refractivity contribution >= 4 is 17.5 Å². The van der Waals surface area contributed by atoms with E-state index in [1.165, 1.54) is 34.3 Å². The third-order valence-corrected chi connectivity index (χ3v) is 5.63. The van der Waals surface area contributed by atoms with Crippen molar-refractivity contribution in [3.05, 3.63) is 47.3 Å². The van der Waals surface area contributed by atoms with Crippen molar-refractivity contribution in [2.24, 2.45) is 5.92 Å². The normalized spacial score (nSPS) is 19.7. The number of carbonyl (C=O) groups is 2. The minimum atomic E-state index is -4.44. The molecule has 1 fully saturated rings. The first-order valence-electron chi connectivity index (χ1n) is 9.60. The van der Waals surface area contributed by atoms with Gasteiger partial charge >= 0.3 is 6.18 Å². The average molecular weight is 406 g/mol. The zero-order chi connectivity index (χ0) is 20.8. The maximum Gasteiger partial charge on any atom is 0.416 e. The van der Waals surface area contributed by atoms with Crippen molar-refractivity contribution in [1.82, 2.24) is 15.1 Å². The van der Waals surface area contributed by atoms with Crippen LogP contribution in [0.25, 0.3) is 0 Å². The SMILES string of the molecule is CC1CN(c2ccc(C(F)(F)F)cc2)C(=O)c2c(C(=O)NCC3CCC3)cnn21. The van der Waals surface area contributed by atoms with E-state index in [0.717, 1.165) is 25.0 Å². The number of benzene rings is 1. The molecule has 0 saturated heterocycles. The molecule has 2 aromatic rings. The minimum absolute atomic E-state index is 0.162. The van der Waals surface area contributed by atoms with E-state index in [9.17, 15) is 22.8 Å². The Hall–Kier alpha value is -2.84. The molecule has 1 aromatic heterocycles. The molecule has 6 nitrogen and oxygen atoms in total. The van der Waals surface area contributed by atoms with Gasteiger partial charge in [0.05, 0.1) is 23.4 Å². The summed E-state index contributed by atoms with van der Waals surface area (Å²) in [4.78, 5) is 27.1. The molecule has 1 unspecified atom stereocenters. The van der Waals surface area contributed by atoms with Crippen LogP contribution in [0.4, 0.5) is 18.9 Å². The molecule has 29 heavy (non-hydrogen) atoms. The van der Waals surface area contributed by atoms with Crippen LogP contribution in [-0.2, 0) is 6.18 Å². The number of amides is 2. The first-order valence-corrected chi connectivity index (χ1v) is 9.60. The van der Waals surface area contributed by atoms with Gasteiger partial charge in [0.1, 0.15) is 5.69 Å². The Labute approximate surface area is 165 Å². The Morgan fingerprint density at radius 2 is 1.93 bits per heavy atom. The highest BCUT2D eigenvalue weighted by atomic mass is 19.4. The fourth-order valence-corrected chi connectivity index (χ4v) is 3.71. The third-order valence-electron chi connectivity index (χ3n) is 5.63. The van der Waals surface area contributed by atoms with Crippen LogP contribution in [0.2, 0.25) is 0 Å². The predicted molar refractivity (Wildman–Crippen MR) is 99.7 cm³/mol. The van der Waals surface area contributed by atoms with E-state index < -0.39 is 17.6 Å². The summed E-state index contributed by atoms with van der Waals surface area (Å²) in [7, 11) is 0. The van der Waals surface area contributed by atoms with E-state index in [1.807, 2.05) is 6.92 Å². The van der Waals surface area contributed by atoms with E-state index in [0.29, 0.717) is 18.2 Å². The number of hydrogen-bond acceptors (Lipinski definition) is 3. The van der Waals surface area contributed by atoms with E-state index in [4.69, 9.17) is 0 Å².